The molecule has 0 unspecified atom stereocenters. The fourth-order valence-electron chi connectivity index (χ4n) is 5.82. The second kappa shape index (κ2) is 23.3. The summed E-state index contributed by atoms with van der Waals surface area (Å²) in [7, 11) is -4.04. The van der Waals surface area contributed by atoms with Crippen LogP contribution in [0, 0.1) is 0 Å². The Kier molecular flexibility index (Phi) is 18.7. The largest absolute Gasteiger partial charge is 0.444 e. The van der Waals surface area contributed by atoms with Crippen LogP contribution >= 0.6 is 11.8 Å². The summed E-state index contributed by atoms with van der Waals surface area (Å²) in [5, 5.41) is 22.3. The molecule has 1 aromatic heterocycles. The first-order valence-electron chi connectivity index (χ1n) is 19.2. The van der Waals surface area contributed by atoms with Crippen molar-refractivity contribution < 1.29 is 50.9 Å². The molecular formula is C37H55FN8O10S2. The molecule has 0 bridgehead atoms. The van der Waals surface area contributed by atoms with Crippen LogP contribution in [0.5, 0.6) is 0 Å². The van der Waals surface area contributed by atoms with Gasteiger partial charge in [-0.1, -0.05) is 11.6 Å². The van der Waals surface area contributed by atoms with Crippen LogP contribution in [-0.4, -0.2) is 135 Å². The van der Waals surface area contributed by atoms with E-state index in [4.69, 9.17) is 18.9 Å². The SMILES string of the molecule is CC(C)(C)OC(=O)NC/C=C(\F)CS(=O)(=O)c1ccc(C(=O)NCc2cn(CCOCCOCCOCCNC(=O)CCCC[C@@H]3SC[C@@H]4NC(=O)N[C@@H]43)nn2)cc1. The van der Waals surface area contributed by atoms with Crippen molar-refractivity contribution >= 4 is 45.5 Å². The lowest BCUT2D eigenvalue weighted by Crippen LogP contribution is -2.36. The molecule has 322 valence electrons. The quantitative estimate of drug-likeness (QED) is 0.0714. The molecule has 3 heterocycles. The Morgan fingerprint density at radius 2 is 1.69 bits per heavy atom. The summed E-state index contributed by atoms with van der Waals surface area (Å²) < 4.78 is 62.8. The van der Waals surface area contributed by atoms with Crippen LogP contribution in [0.3, 0.4) is 0 Å². The van der Waals surface area contributed by atoms with E-state index in [1.807, 2.05) is 11.8 Å². The van der Waals surface area contributed by atoms with E-state index in [1.165, 1.54) is 24.3 Å². The second-order valence-corrected chi connectivity index (χ2v) is 17.8. The Morgan fingerprint density at radius 3 is 2.41 bits per heavy atom. The van der Waals surface area contributed by atoms with E-state index in [2.05, 4.69) is 36.9 Å². The maximum Gasteiger partial charge on any atom is 0.407 e. The first kappa shape index (κ1) is 46.4. The number of urea groups is 1. The highest BCUT2D eigenvalue weighted by Crippen LogP contribution is 2.33. The number of unbranched alkanes of at least 4 members (excludes halogenated alkanes) is 1. The Hall–Kier alpha value is -4.31. The maximum absolute atomic E-state index is 14.3. The first-order valence-corrected chi connectivity index (χ1v) is 21.9. The van der Waals surface area contributed by atoms with Gasteiger partial charge in [0.05, 0.1) is 75.9 Å². The summed E-state index contributed by atoms with van der Waals surface area (Å²) in [5.74, 6) is -1.38. The first-order chi connectivity index (χ1) is 27.7. The number of ether oxygens (including phenoxy) is 4. The zero-order valence-corrected chi connectivity index (χ0v) is 34.8. The minimum absolute atomic E-state index is 0.00588. The maximum atomic E-state index is 14.3. The third kappa shape index (κ3) is 16.9. The van der Waals surface area contributed by atoms with Gasteiger partial charge >= 0.3 is 12.1 Å². The van der Waals surface area contributed by atoms with Crippen molar-refractivity contribution in [2.75, 3.05) is 64.2 Å². The monoisotopic (exact) mass is 854 g/mol. The van der Waals surface area contributed by atoms with Crippen molar-refractivity contribution in [3.63, 3.8) is 0 Å². The molecule has 0 radical (unpaired) electrons. The van der Waals surface area contributed by atoms with Crippen LogP contribution in [0.25, 0.3) is 0 Å². The average molecular weight is 855 g/mol. The number of thioether (sulfide) groups is 1. The molecule has 18 nitrogen and oxygen atoms in total. The normalized spacial score (nSPS) is 18.0. The molecule has 21 heteroatoms. The number of nitrogens with zero attached hydrogens (tertiary/aromatic N) is 3. The summed E-state index contributed by atoms with van der Waals surface area (Å²) in [6, 6.07) is 5.44. The van der Waals surface area contributed by atoms with Crippen LogP contribution < -0.4 is 26.6 Å². The van der Waals surface area contributed by atoms with Gasteiger partial charge in [0.25, 0.3) is 5.91 Å². The number of alkyl carbamates (subject to hydrolysis) is 1. The standard InChI is InChI=1S/C37H55FN8O10S2/c1-37(2,3)56-36(50)40-13-12-27(38)25-58(51,52)29-10-8-26(9-11-29)34(48)41-22-28-23-46(45-44-28)15-17-54-19-21-55-20-18-53-16-14-39-32(47)7-5-4-6-31-33-30(24-57-31)42-35(49)43-33/h8-12,23,30-31,33H,4-7,13-22,24-25H2,1-3H3,(H,39,47)(H,40,50)(H,41,48)(H2,42,43,49)/b27-12-/t30-,31-,33-/m0/s1. The van der Waals surface area contributed by atoms with E-state index in [1.54, 1.807) is 31.6 Å². The minimum Gasteiger partial charge on any atom is -0.444 e. The lowest BCUT2D eigenvalue weighted by Gasteiger charge is -2.19. The summed E-state index contributed by atoms with van der Waals surface area (Å²) in [5.41, 5.74) is -0.0213. The molecule has 0 aliphatic carbocycles. The third-order valence-corrected chi connectivity index (χ3v) is 11.8. The molecule has 4 rings (SSSR count). The van der Waals surface area contributed by atoms with Crippen LogP contribution in [0.2, 0.25) is 0 Å². The summed E-state index contributed by atoms with van der Waals surface area (Å²) in [6.07, 6.45) is 5.06. The highest BCUT2D eigenvalue weighted by molar-refractivity contribution is 8.00. The number of aromatic nitrogens is 3. The predicted molar refractivity (Wildman–Crippen MR) is 213 cm³/mol. The molecule has 2 saturated heterocycles. The van der Waals surface area contributed by atoms with Gasteiger partial charge in [0, 0.05) is 36.1 Å². The molecule has 0 spiro atoms. The number of fused-ring (bicyclic) bond motifs is 1. The van der Waals surface area contributed by atoms with Gasteiger partial charge in [0.1, 0.15) is 22.9 Å². The summed E-state index contributed by atoms with van der Waals surface area (Å²) >= 11 is 1.88. The molecular weight excluding hydrogens is 800 g/mol. The number of benzene rings is 1. The number of sulfone groups is 1. The number of carbonyl (C=O) groups excluding carboxylic acids is 4. The number of hydrogen-bond donors (Lipinski definition) is 5. The fraction of sp³-hybridized carbons (Fsp3) is 0.622. The van der Waals surface area contributed by atoms with Gasteiger partial charge < -0.3 is 45.5 Å². The van der Waals surface area contributed by atoms with Crippen LogP contribution in [0.1, 0.15) is 62.5 Å². The molecule has 2 aromatic rings. The Labute approximate surface area is 342 Å². The number of amides is 5. The average Bonchev–Trinajstić information content (AvgIpc) is 3.88. The highest BCUT2D eigenvalue weighted by atomic mass is 32.2. The zero-order valence-electron chi connectivity index (χ0n) is 33.1. The minimum atomic E-state index is -4.04. The van der Waals surface area contributed by atoms with Crippen molar-refractivity contribution in [2.45, 2.75) is 87.4 Å². The molecule has 5 amide bonds. The lowest BCUT2D eigenvalue weighted by atomic mass is 10.0. The van der Waals surface area contributed by atoms with Gasteiger partial charge in [-0.05, 0) is 64.0 Å². The number of carbonyl (C=O) groups is 4. The van der Waals surface area contributed by atoms with Gasteiger partial charge in [0.2, 0.25) is 5.91 Å². The molecule has 58 heavy (non-hydrogen) atoms. The van der Waals surface area contributed by atoms with E-state index in [0.717, 1.165) is 31.1 Å². The van der Waals surface area contributed by atoms with Crippen molar-refractivity contribution in [3.05, 3.63) is 53.6 Å². The van der Waals surface area contributed by atoms with Gasteiger partial charge in [0.15, 0.2) is 9.84 Å². The molecule has 2 fully saturated rings. The van der Waals surface area contributed by atoms with Gasteiger partial charge in [-0.2, -0.15) is 11.8 Å². The zero-order chi connectivity index (χ0) is 42.0. The molecule has 0 saturated carbocycles. The Balaban J connectivity index is 0.969. The molecule has 5 N–H and O–H groups in total. The van der Waals surface area contributed by atoms with Crippen molar-refractivity contribution in [2.24, 2.45) is 0 Å². The van der Waals surface area contributed by atoms with E-state index in [9.17, 15) is 32.0 Å². The van der Waals surface area contributed by atoms with E-state index >= 15 is 0 Å². The van der Waals surface area contributed by atoms with Crippen molar-refractivity contribution in [1.29, 1.82) is 0 Å². The van der Waals surface area contributed by atoms with Crippen molar-refractivity contribution in [3.8, 4) is 0 Å². The Morgan fingerprint density at radius 1 is 0.983 bits per heavy atom. The molecule has 3 atom stereocenters. The van der Waals surface area contributed by atoms with Gasteiger partial charge in [-0.15, -0.1) is 5.10 Å². The van der Waals surface area contributed by atoms with Crippen molar-refractivity contribution in [1.82, 2.24) is 41.6 Å². The number of rotatable bonds is 25. The van der Waals surface area contributed by atoms with Crippen LogP contribution in [0.4, 0.5) is 14.0 Å². The van der Waals surface area contributed by atoms with E-state index < -0.39 is 39.0 Å². The highest BCUT2D eigenvalue weighted by Gasteiger charge is 2.42. The number of halogens is 1. The number of nitrogens with one attached hydrogen (secondary N) is 5. The van der Waals surface area contributed by atoms with E-state index in [-0.39, 0.29) is 47.6 Å². The van der Waals surface area contributed by atoms with E-state index in [0.29, 0.717) is 70.1 Å². The Bertz CT molecular complexity index is 1790. The molecule has 2 aliphatic rings. The second-order valence-electron chi connectivity index (χ2n) is 14.5. The predicted octanol–water partition coefficient (Wildman–Crippen LogP) is 2.25. The summed E-state index contributed by atoms with van der Waals surface area (Å²) in [4.78, 5) is 47.7. The molecule has 1 aromatic carbocycles. The smallest absolute Gasteiger partial charge is 0.407 e. The van der Waals surface area contributed by atoms with Crippen LogP contribution in [-0.2, 0) is 46.7 Å². The molecule has 2 aliphatic heterocycles. The van der Waals surface area contributed by atoms with Gasteiger partial charge in [-0.25, -0.2) is 27.1 Å². The lowest BCUT2D eigenvalue weighted by molar-refractivity contribution is -0.121. The number of hydrogen-bond acceptors (Lipinski definition) is 13. The fourth-order valence-corrected chi connectivity index (χ4v) is 8.57. The van der Waals surface area contributed by atoms with Crippen LogP contribution in [0.15, 0.2) is 47.3 Å². The third-order valence-electron chi connectivity index (χ3n) is 8.65. The summed E-state index contributed by atoms with van der Waals surface area (Å²) in [6.45, 7) is 8.04. The topological polar surface area (TPSA) is 230 Å². The van der Waals surface area contributed by atoms with Gasteiger partial charge in [-0.3, -0.25) is 9.59 Å².